The van der Waals surface area contributed by atoms with Crippen LogP contribution in [0.4, 0.5) is 13.6 Å². The lowest BCUT2D eigenvalue weighted by molar-refractivity contribution is 0.0109. The Labute approximate surface area is 126 Å². The van der Waals surface area contributed by atoms with Gasteiger partial charge in [-0.05, 0) is 32.9 Å². The molecule has 124 valence electrons. The third kappa shape index (κ3) is 4.81. The van der Waals surface area contributed by atoms with Gasteiger partial charge in [0.2, 0.25) is 5.82 Å². The minimum absolute atomic E-state index is 0.433. The van der Waals surface area contributed by atoms with E-state index in [9.17, 15) is 23.8 Å². The summed E-state index contributed by atoms with van der Waals surface area (Å²) in [5.41, 5.74) is -1.27. The molecule has 2 atom stereocenters. The Morgan fingerprint density at radius 1 is 1.27 bits per heavy atom. The molecule has 1 aromatic rings. The van der Waals surface area contributed by atoms with Gasteiger partial charge in [-0.15, -0.1) is 0 Å². The molecular weight excluding hydrogens is 300 g/mol. The Kier molecular flexibility index (Phi) is 5.67. The SMILES string of the molecule is CC(C)(C)OC(=O)NCC(O)C(O)c1ccc(O)c(F)c1F. The van der Waals surface area contributed by atoms with Crippen LogP contribution < -0.4 is 5.32 Å². The summed E-state index contributed by atoms with van der Waals surface area (Å²) < 4.78 is 31.7. The Morgan fingerprint density at radius 2 is 1.86 bits per heavy atom. The van der Waals surface area contributed by atoms with Crippen LogP contribution in [0.15, 0.2) is 12.1 Å². The zero-order valence-corrected chi connectivity index (χ0v) is 12.4. The predicted octanol–water partition coefficient (Wildman–Crippen LogP) is 1.59. The van der Waals surface area contributed by atoms with Crippen molar-refractivity contribution in [3.8, 4) is 5.75 Å². The van der Waals surface area contributed by atoms with E-state index < -0.39 is 53.4 Å². The number of aromatic hydroxyl groups is 1. The number of alkyl carbamates (subject to hydrolysis) is 1. The van der Waals surface area contributed by atoms with E-state index in [-0.39, 0.29) is 0 Å². The van der Waals surface area contributed by atoms with E-state index in [1.54, 1.807) is 20.8 Å². The Morgan fingerprint density at radius 3 is 2.41 bits per heavy atom. The van der Waals surface area contributed by atoms with E-state index in [1.807, 2.05) is 0 Å². The van der Waals surface area contributed by atoms with Crippen LogP contribution in [0.1, 0.15) is 32.4 Å². The molecule has 0 bridgehead atoms. The maximum Gasteiger partial charge on any atom is 0.407 e. The molecule has 1 rings (SSSR count). The van der Waals surface area contributed by atoms with Crippen molar-refractivity contribution in [1.29, 1.82) is 0 Å². The number of hydrogen-bond acceptors (Lipinski definition) is 5. The van der Waals surface area contributed by atoms with Gasteiger partial charge in [-0.2, -0.15) is 4.39 Å². The molecule has 4 N–H and O–H groups in total. The average molecular weight is 319 g/mol. The second-order valence-electron chi connectivity index (χ2n) is 5.70. The Bertz CT molecular complexity index is 545. The van der Waals surface area contributed by atoms with Gasteiger partial charge in [0.05, 0.1) is 0 Å². The molecule has 0 saturated carbocycles. The van der Waals surface area contributed by atoms with Crippen LogP contribution in [0.3, 0.4) is 0 Å². The fourth-order valence-electron chi connectivity index (χ4n) is 1.60. The van der Waals surface area contributed by atoms with Crippen LogP contribution in [0, 0.1) is 11.6 Å². The van der Waals surface area contributed by atoms with E-state index in [0.717, 1.165) is 12.1 Å². The average Bonchev–Trinajstić information content (AvgIpc) is 2.40. The Hall–Kier alpha value is -1.93. The highest BCUT2D eigenvalue weighted by Gasteiger charge is 2.26. The molecule has 0 aliphatic rings. The molecule has 6 nitrogen and oxygen atoms in total. The summed E-state index contributed by atoms with van der Waals surface area (Å²) in [6.45, 7) is 4.50. The number of ether oxygens (including phenoxy) is 1. The molecule has 1 amide bonds. The number of aliphatic hydroxyl groups is 2. The van der Waals surface area contributed by atoms with Gasteiger partial charge in [-0.3, -0.25) is 0 Å². The Balaban J connectivity index is 2.68. The van der Waals surface area contributed by atoms with E-state index >= 15 is 0 Å². The normalized spacial score (nSPS) is 14.3. The quantitative estimate of drug-likeness (QED) is 0.675. The number of benzene rings is 1. The second kappa shape index (κ2) is 6.89. The van der Waals surface area contributed by atoms with Gasteiger partial charge in [0.15, 0.2) is 11.6 Å². The molecule has 0 saturated heterocycles. The van der Waals surface area contributed by atoms with Crippen LogP contribution in [-0.4, -0.2) is 39.7 Å². The molecule has 0 aliphatic carbocycles. The topological polar surface area (TPSA) is 99.0 Å². The number of phenols is 1. The zero-order valence-electron chi connectivity index (χ0n) is 12.4. The van der Waals surface area contributed by atoms with Gasteiger partial charge in [0.25, 0.3) is 0 Å². The van der Waals surface area contributed by atoms with Crippen LogP contribution in [0.25, 0.3) is 0 Å². The highest BCUT2D eigenvalue weighted by molar-refractivity contribution is 5.67. The molecule has 0 aromatic heterocycles. The zero-order chi connectivity index (χ0) is 17.1. The number of hydrogen-bond donors (Lipinski definition) is 4. The van der Waals surface area contributed by atoms with Crippen molar-refractivity contribution in [2.45, 2.75) is 38.6 Å². The monoisotopic (exact) mass is 319 g/mol. The number of aliphatic hydroxyl groups excluding tert-OH is 2. The molecule has 0 aliphatic heterocycles. The maximum absolute atomic E-state index is 13.6. The molecule has 22 heavy (non-hydrogen) atoms. The van der Waals surface area contributed by atoms with Crippen molar-refractivity contribution in [2.75, 3.05) is 6.54 Å². The van der Waals surface area contributed by atoms with Crippen molar-refractivity contribution >= 4 is 6.09 Å². The number of amides is 1. The number of carbonyl (C=O) groups excluding carboxylic acids is 1. The third-order valence-electron chi connectivity index (χ3n) is 2.63. The van der Waals surface area contributed by atoms with Crippen molar-refractivity contribution in [2.24, 2.45) is 0 Å². The summed E-state index contributed by atoms with van der Waals surface area (Å²) in [5, 5.41) is 30.7. The summed E-state index contributed by atoms with van der Waals surface area (Å²) in [4.78, 5) is 11.4. The summed E-state index contributed by atoms with van der Waals surface area (Å²) in [6.07, 6.45) is -4.20. The van der Waals surface area contributed by atoms with Gasteiger partial charge < -0.3 is 25.4 Å². The highest BCUT2D eigenvalue weighted by Crippen LogP contribution is 2.27. The number of halogens is 2. The van der Waals surface area contributed by atoms with E-state index in [1.165, 1.54) is 0 Å². The number of rotatable bonds is 4. The van der Waals surface area contributed by atoms with Crippen LogP contribution in [0.5, 0.6) is 5.75 Å². The third-order valence-corrected chi connectivity index (χ3v) is 2.63. The summed E-state index contributed by atoms with van der Waals surface area (Å²) >= 11 is 0. The van der Waals surface area contributed by atoms with Crippen LogP contribution >= 0.6 is 0 Å². The molecule has 0 radical (unpaired) electrons. The molecule has 2 unspecified atom stereocenters. The van der Waals surface area contributed by atoms with Crippen molar-refractivity contribution in [3.63, 3.8) is 0 Å². The number of nitrogens with one attached hydrogen (secondary N) is 1. The van der Waals surface area contributed by atoms with Crippen LogP contribution in [0.2, 0.25) is 0 Å². The fourth-order valence-corrected chi connectivity index (χ4v) is 1.60. The maximum atomic E-state index is 13.6. The molecule has 0 fully saturated rings. The first-order chi connectivity index (χ1) is 10.0. The van der Waals surface area contributed by atoms with E-state index in [0.29, 0.717) is 0 Å². The lowest BCUT2D eigenvalue weighted by Gasteiger charge is -2.22. The second-order valence-corrected chi connectivity index (χ2v) is 5.70. The summed E-state index contributed by atoms with van der Waals surface area (Å²) in [5.74, 6) is -3.90. The smallest absolute Gasteiger partial charge is 0.407 e. The van der Waals surface area contributed by atoms with E-state index in [2.05, 4.69) is 5.32 Å². The lowest BCUT2D eigenvalue weighted by Crippen LogP contribution is -2.39. The summed E-state index contributed by atoms with van der Waals surface area (Å²) in [7, 11) is 0. The van der Waals surface area contributed by atoms with Crippen molar-refractivity contribution in [1.82, 2.24) is 5.32 Å². The fraction of sp³-hybridized carbons (Fsp3) is 0.500. The first-order valence-electron chi connectivity index (χ1n) is 6.52. The van der Waals surface area contributed by atoms with Gasteiger partial charge >= 0.3 is 6.09 Å². The van der Waals surface area contributed by atoms with Crippen molar-refractivity contribution in [3.05, 3.63) is 29.3 Å². The largest absolute Gasteiger partial charge is 0.505 e. The molecule has 1 aromatic carbocycles. The predicted molar refractivity (Wildman–Crippen MR) is 73.2 cm³/mol. The standard InChI is InChI=1S/C14H19F2NO5/c1-14(2,3)22-13(21)17-6-9(19)12(20)7-4-5-8(18)11(16)10(7)15/h4-5,9,12,18-20H,6H2,1-3H3,(H,17,21). The van der Waals surface area contributed by atoms with Gasteiger partial charge in [-0.25, -0.2) is 9.18 Å². The van der Waals surface area contributed by atoms with Gasteiger partial charge in [-0.1, -0.05) is 0 Å². The van der Waals surface area contributed by atoms with E-state index in [4.69, 9.17) is 9.84 Å². The van der Waals surface area contributed by atoms with Gasteiger partial charge in [0, 0.05) is 12.1 Å². The summed E-state index contributed by atoms with van der Waals surface area (Å²) in [6, 6.07) is 1.79. The molecule has 0 heterocycles. The van der Waals surface area contributed by atoms with Gasteiger partial charge in [0.1, 0.15) is 17.8 Å². The molecule has 8 heteroatoms. The lowest BCUT2D eigenvalue weighted by atomic mass is 10.0. The first-order valence-corrected chi connectivity index (χ1v) is 6.52. The molecule has 0 spiro atoms. The minimum atomic E-state index is -1.79. The first kappa shape index (κ1) is 18.1. The van der Waals surface area contributed by atoms with Crippen LogP contribution in [-0.2, 0) is 4.74 Å². The minimum Gasteiger partial charge on any atom is -0.505 e. The highest BCUT2D eigenvalue weighted by atomic mass is 19.2. The molecular formula is C14H19F2NO5. The van der Waals surface area contributed by atoms with Crippen molar-refractivity contribution < 1.29 is 33.6 Å². The number of phenolic OH excluding ortho intramolecular Hbond substituents is 1. The number of carbonyl (C=O) groups is 1.